The molecule has 0 saturated carbocycles. The summed E-state index contributed by atoms with van der Waals surface area (Å²) < 4.78 is 0. The molecular formula is C3H11F5O2. The van der Waals surface area contributed by atoms with Crippen LogP contribution in [-0.2, 0) is 4.79 Å². The summed E-state index contributed by atoms with van der Waals surface area (Å²) >= 11 is 0. The Hall–Kier alpha value is -0.880. The van der Waals surface area contributed by atoms with Crippen molar-refractivity contribution in [1.82, 2.24) is 0 Å². The lowest BCUT2D eigenvalue weighted by atomic mass is 10.5. The van der Waals surface area contributed by atoms with Gasteiger partial charge in [0, 0.05) is 6.42 Å². The summed E-state index contributed by atoms with van der Waals surface area (Å²) in [6.07, 6.45) is 0.222. The molecule has 0 saturated heterocycles. The van der Waals surface area contributed by atoms with Crippen LogP contribution in [-0.4, -0.2) is 11.1 Å². The van der Waals surface area contributed by atoms with Gasteiger partial charge in [0.05, 0.1) is 0 Å². The van der Waals surface area contributed by atoms with Crippen LogP contribution in [0.3, 0.4) is 0 Å². The lowest BCUT2D eigenvalue weighted by molar-refractivity contribution is -0.136. The van der Waals surface area contributed by atoms with E-state index in [2.05, 4.69) is 0 Å². The van der Waals surface area contributed by atoms with Crippen LogP contribution in [0.2, 0.25) is 0 Å². The molecule has 0 aromatic rings. The van der Waals surface area contributed by atoms with Gasteiger partial charge in [0.1, 0.15) is 0 Å². The molecule has 0 aromatic heterocycles. The van der Waals surface area contributed by atoms with Gasteiger partial charge in [-0.3, -0.25) is 28.3 Å². The topological polar surface area (TPSA) is 37.3 Å². The lowest BCUT2D eigenvalue weighted by Crippen LogP contribution is -1.86. The van der Waals surface area contributed by atoms with Crippen molar-refractivity contribution in [3.05, 3.63) is 0 Å². The Kier molecular flexibility index (Phi) is 261. The third-order valence-electron chi connectivity index (χ3n) is 0.302. The van der Waals surface area contributed by atoms with Crippen LogP contribution in [0.1, 0.15) is 13.3 Å². The van der Waals surface area contributed by atoms with Crippen molar-refractivity contribution < 1.29 is 33.4 Å². The third kappa shape index (κ3) is 213. The SMILES string of the molecule is CCC(=O)O.F.F.F.F.F. The van der Waals surface area contributed by atoms with Gasteiger partial charge in [-0.15, -0.1) is 0 Å². The molecule has 1 N–H and O–H groups in total. The van der Waals surface area contributed by atoms with E-state index in [1.165, 1.54) is 0 Å². The van der Waals surface area contributed by atoms with E-state index in [0.717, 1.165) is 0 Å². The van der Waals surface area contributed by atoms with Crippen LogP contribution in [0.15, 0.2) is 0 Å². The molecule has 0 amide bonds. The standard InChI is InChI=1S/C3H6O2.5FH/c1-2-3(4)5;;;;;/h2H2,1H3,(H,4,5);5*1H. The molecule has 0 aliphatic carbocycles. The normalized spacial score (nSPS) is 3.70. The summed E-state index contributed by atoms with van der Waals surface area (Å²) in [6, 6.07) is 0. The fraction of sp³-hybridized carbons (Fsp3) is 0.667. The number of aliphatic carboxylic acids is 1. The molecule has 0 aliphatic rings. The van der Waals surface area contributed by atoms with Crippen molar-refractivity contribution in [2.75, 3.05) is 0 Å². The highest BCUT2D eigenvalue weighted by atomic mass is 19.0. The van der Waals surface area contributed by atoms with Crippen LogP contribution >= 0.6 is 0 Å². The molecule has 0 fully saturated rings. The summed E-state index contributed by atoms with van der Waals surface area (Å²) in [4.78, 5) is 9.37. The summed E-state index contributed by atoms with van der Waals surface area (Å²) in [6.45, 7) is 1.60. The Morgan fingerprint density at radius 2 is 1.20 bits per heavy atom. The smallest absolute Gasteiger partial charge is 0.303 e. The first kappa shape index (κ1) is 61.8. The molecule has 0 bridgehead atoms. The molecule has 2 nitrogen and oxygen atoms in total. The summed E-state index contributed by atoms with van der Waals surface area (Å²) in [5.74, 6) is -0.745. The predicted molar refractivity (Wildman–Crippen MR) is 30.4 cm³/mol. The Morgan fingerprint density at radius 3 is 1.20 bits per heavy atom. The Morgan fingerprint density at radius 1 is 1.10 bits per heavy atom. The first-order valence-corrected chi connectivity index (χ1v) is 1.49. The Balaban J connectivity index is -0.00000000800. The van der Waals surface area contributed by atoms with Crippen molar-refractivity contribution in [3.63, 3.8) is 0 Å². The van der Waals surface area contributed by atoms with Gasteiger partial charge < -0.3 is 5.11 Å². The van der Waals surface area contributed by atoms with Gasteiger partial charge in [-0.2, -0.15) is 0 Å². The van der Waals surface area contributed by atoms with E-state index in [0.29, 0.717) is 0 Å². The third-order valence-corrected chi connectivity index (χ3v) is 0.302. The van der Waals surface area contributed by atoms with Crippen molar-refractivity contribution >= 4 is 5.97 Å². The van der Waals surface area contributed by atoms with Crippen LogP contribution in [0.25, 0.3) is 0 Å². The van der Waals surface area contributed by atoms with E-state index in [-0.39, 0.29) is 29.9 Å². The zero-order valence-corrected chi connectivity index (χ0v) is 5.10. The molecule has 0 aromatic carbocycles. The molecule has 0 aliphatic heterocycles. The molecule has 0 heterocycles. The molecule has 10 heavy (non-hydrogen) atoms. The quantitative estimate of drug-likeness (QED) is 0.607. The Bertz CT molecular complexity index is 50.2. The van der Waals surface area contributed by atoms with E-state index in [9.17, 15) is 4.79 Å². The first-order valence-electron chi connectivity index (χ1n) is 1.49. The van der Waals surface area contributed by atoms with Crippen LogP contribution in [0.5, 0.6) is 0 Å². The number of hydrogen-bond donors (Lipinski definition) is 1. The number of carboxylic acid groups (broad SMARTS) is 1. The molecule has 0 rings (SSSR count). The predicted octanol–water partition coefficient (Wildman–Crippen LogP) is 1.24. The van der Waals surface area contributed by atoms with Gasteiger partial charge in [-0.1, -0.05) is 6.92 Å². The summed E-state index contributed by atoms with van der Waals surface area (Å²) in [7, 11) is 0. The lowest BCUT2D eigenvalue weighted by Gasteiger charge is -1.71. The van der Waals surface area contributed by atoms with Gasteiger partial charge in [0.15, 0.2) is 0 Å². The van der Waals surface area contributed by atoms with Crippen molar-refractivity contribution in [1.29, 1.82) is 0 Å². The fourth-order valence-electron chi connectivity index (χ4n) is 0. The first-order chi connectivity index (χ1) is 2.27. The Labute approximate surface area is 54.1 Å². The zero-order valence-electron chi connectivity index (χ0n) is 5.10. The van der Waals surface area contributed by atoms with E-state index in [4.69, 9.17) is 5.11 Å². The van der Waals surface area contributed by atoms with E-state index in [1.54, 1.807) is 6.92 Å². The highest BCUT2D eigenvalue weighted by Crippen LogP contribution is 1.67. The van der Waals surface area contributed by atoms with Crippen LogP contribution < -0.4 is 0 Å². The van der Waals surface area contributed by atoms with E-state index in [1.807, 2.05) is 0 Å². The maximum atomic E-state index is 9.37. The van der Waals surface area contributed by atoms with Crippen LogP contribution in [0.4, 0.5) is 23.5 Å². The van der Waals surface area contributed by atoms with Crippen molar-refractivity contribution in [3.8, 4) is 0 Å². The molecule has 0 unspecified atom stereocenters. The average molecular weight is 174 g/mol. The van der Waals surface area contributed by atoms with Gasteiger partial charge in [0.2, 0.25) is 0 Å². The van der Waals surface area contributed by atoms with Gasteiger partial charge in [-0.05, 0) is 0 Å². The molecule has 0 spiro atoms. The second-order valence-electron chi connectivity index (χ2n) is 0.747. The minimum absolute atomic E-state index is 0. The molecule has 70 valence electrons. The maximum absolute atomic E-state index is 9.37. The van der Waals surface area contributed by atoms with Gasteiger partial charge >= 0.3 is 5.97 Å². The molecule has 7 heteroatoms. The van der Waals surface area contributed by atoms with E-state index < -0.39 is 5.97 Å². The van der Waals surface area contributed by atoms with Crippen molar-refractivity contribution in [2.45, 2.75) is 13.3 Å². The highest BCUT2D eigenvalue weighted by molar-refractivity contribution is 5.66. The second-order valence-corrected chi connectivity index (χ2v) is 0.747. The number of carbonyl (C=O) groups is 1. The number of hydrogen-bond acceptors (Lipinski definition) is 1. The number of rotatable bonds is 1. The number of carboxylic acids is 1. The van der Waals surface area contributed by atoms with E-state index >= 15 is 0 Å². The van der Waals surface area contributed by atoms with Crippen molar-refractivity contribution in [2.24, 2.45) is 0 Å². The average Bonchev–Trinajstić information content (AvgIpc) is 1.38. The highest BCUT2D eigenvalue weighted by Gasteiger charge is 1.80. The molecular weight excluding hydrogens is 163 g/mol. The maximum Gasteiger partial charge on any atom is 0.303 e. The number of halogens is 5. The van der Waals surface area contributed by atoms with Gasteiger partial charge in [-0.25, -0.2) is 0 Å². The summed E-state index contributed by atoms with van der Waals surface area (Å²) in [5, 5.41) is 7.72. The molecule has 0 radical (unpaired) electrons. The minimum atomic E-state index is -0.745. The second kappa shape index (κ2) is 42.3. The summed E-state index contributed by atoms with van der Waals surface area (Å²) in [5.41, 5.74) is 0. The largest absolute Gasteiger partial charge is 0.481 e. The molecule has 0 atom stereocenters. The zero-order chi connectivity index (χ0) is 4.28. The monoisotopic (exact) mass is 174 g/mol. The minimum Gasteiger partial charge on any atom is -0.481 e. The van der Waals surface area contributed by atoms with Gasteiger partial charge in [0.25, 0.3) is 0 Å². The van der Waals surface area contributed by atoms with Crippen LogP contribution in [0, 0.1) is 0 Å². The fourth-order valence-corrected chi connectivity index (χ4v) is 0.